The molecule has 0 aromatic rings. The average molecular weight is 164 g/mol. The first kappa shape index (κ1) is 6.44. The fraction of sp³-hybridized carbons (Fsp3) is 0.250. The summed E-state index contributed by atoms with van der Waals surface area (Å²) < 4.78 is 0.845. The molecule has 34 valence electrons. The summed E-state index contributed by atoms with van der Waals surface area (Å²) in [6.07, 6.45) is 2.79. The van der Waals surface area contributed by atoms with Crippen molar-refractivity contribution in [1.29, 1.82) is 0 Å². The molecule has 2 radical (unpaired) electrons. The molecule has 0 heterocycles. The van der Waals surface area contributed by atoms with E-state index in [4.69, 9.17) is 0 Å². The molecule has 0 aliphatic heterocycles. The van der Waals surface area contributed by atoms with Gasteiger partial charge in [0.1, 0.15) is 0 Å². The van der Waals surface area contributed by atoms with Crippen molar-refractivity contribution >= 4 is 28.6 Å². The summed E-state index contributed by atoms with van der Waals surface area (Å²) in [5.74, 6) is 0. The first-order chi connectivity index (χ1) is 2.81. The van der Waals surface area contributed by atoms with Crippen molar-refractivity contribution in [3.8, 4) is 0 Å². The first-order valence-corrected chi connectivity index (χ1v) is 2.73. The largest absolute Gasteiger partial charge is 0.787 e. The van der Waals surface area contributed by atoms with Crippen LogP contribution >= 0.6 is 15.9 Å². The van der Waals surface area contributed by atoms with Crippen molar-refractivity contribution in [2.75, 3.05) is 0 Å². The van der Waals surface area contributed by atoms with Crippen LogP contribution in [-0.2, 0) is 12.6 Å². The van der Waals surface area contributed by atoms with Crippen LogP contribution in [0.25, 0.3) is 0 Å². The molecule has 0 fully saturated rings. The molecule has 0 saturated carbocycles. The van der Waals surface area contributed by atoms with E-state index in [1.54, 1.807) is 6.92 Å². The van der Waals surface area contributed by atoms with Gasteiger partial charge >= 0.3 is 0 Å². The summed E-state index contributed by atoms with van der Waals surface area (Å²) in [4.78, 5) is 0. The lowest BCUT2D eigenvalue weighted by molar-refractivity contribution is 1.55. The second-order valence-electron chi connectivity index (χ2n) is 0.716. The Morgan fingerprint density at radius 1 is 2.00 bits per heavy atom. The van der Waals surface area contributed by atoms with Gasteiger partial charge in [0.2, 0.25) is 0 Å². The average Bonchev–Trinajstić information content (AvgIpc) is 1.65. The van der Waals surface area contributed by atoms with Gasteiger partial charge in [-0.2, -0.15) is 0 Å². The smallest absolute Gasteiger partial charge is 0.0185 e. The van der Waals surface area contributed by atoms with Gasteiger partial charge in [0.15, 0.2) is 0 Å². The zero-order valence-electron chi connectivity index (χ0n) is 3.36. The standard InChI is InChI=1S/C4H5BrS/c1-2-4(5)3-6/h3,6H,1H3/p-1/b4-3+. The molecule has 6 heavy (non-hydrogen) atoms. The highest BCUT2D eigenvalue weighted by Crippen LogP contribution is 2.05. The third kappa shape index (κ3) is 2.67. The highest BCUT2D eigenvalue weighted by molar-refractivity contribution is 9.11. The molecule has 2 heteroatoms. The van der Waals surface area contributed by atoms with Crippen LogP contribution in [0.15, 0.2) is 9.89 Å². The lowest BCUT2D eigenvalue weighted by Gasteiger charge is -1.90. The van der Waals surface area contributed by atoms with Crippen LogP contribution in [0.3, 0.4) is 0 Å². The molecule has 0 N–H and O–H groups in total. The van der Waals surface area contributed by atoms with Crippen molar-refractivity contribution in [2.45, 2.75) is 6.92 Å². The minimum atomic E-state index is 0.845. The van der Waals surface area contributed by atoms with E-state index in [0.717, 1.165) is 4.48 Å². The molecule has 0 aromatic heterocycles. The molecule has 0 unspecified atom stereocenters. The van der Waals surface area contributed by atoms with E-state index >= 15 is 0 Å². The molecule has 0 nitrogen and oxygen atoms in total. The van der Waals surface area contributed by atoms with E-state index in [1.165, 1.54) is 5.41 Å². The van der Waals surface area contributed by atoms with Crippen LogP contribution in [0.2, 0.25) is 0 Å². The molecule has 0 amide bonds. The summed E-state index contributed by atoms with van der Waals surface area (Å²) in [7, 11) is 0. The molecule has 0 aliphatic carbocycles. The highest BCUT2D eigenvalue weighted by Gasteiger charge is 1.73. The summed E-state index contributed by atoms with van der Waals surface area (Å²) in [6.45, 7) is 1.80. The molecular weight excluding hydrogens is 160 g/mol. The molecular formula is C4H4BrS-. The van der Waals surface area contributed by atoms with E-state index in [-0.39, 0.29) is 0 Å². The Kier molecular flexibility index (Phi) is 3.89. The maximum absolute atomic E-state index is 4.50. The van der Waals surface area contributed by atoms with Gasteiger partial charge < -0.3 is 12.6 Å². The minimum Gasteiger partial charge on any atom is -0.787 e. The summed E-state index contributed by atoms with van der Waals surface area (Å²) in [5, 5.41) is 1.53. The topological polar surface area (TPSA) is 0 Å². The van der Waals surface area contributed by atoms with Crippen LogP contribution in [0.4, 0.5) is 0 Å². The van der Waals surface area contributed by atoms with Crippen LogP contribution in [0.5, 0.6) is 0 Å². The zero-order chi connectivity index (χ0) is 4.99. The van der Waals surface area contributed by atoms with Gasteiger partial charge in [-0.15, -0.1) is 0 Å². The SMILES string of the molecule is C[C]/C(Br)=C\[S-]. The number of rotatable bonds is 1. The monoisotopic (exact) mass is 163 g/mol. The second kappa shape index (κ2) is 3.62. The van der Waals surface area contributed by atoms with Crippen molar-refractivity contribution in [3.05, 3.63) is 16.3 Å². The maximum atomic E-state index is 4.50. The van der Waals surface area contributed by atoms with Gasteiger partial charge in [-0.1, -0.05) is 22.9 Å². The van der Waals surface area contributed by atoms with Gasteiger partial charge in [0.05, 0.1) is 0 Å². The van der Waals surface area contributed by atoms with Crippen LogP contribution in [0, 0.1) is 6.42 Å². The summed E-state index contributed by atoms with van der Waals surface area (Å²) in [5.41, 5.74) is 0. The molecule has 0 bridgehead atoms. The lowest BCUT2D eigenvalue weighted by atomic mass is 10.5. The Bertz CT molecular complexity index is 58.6. The third-order valence-electron chi connectivity index (χ3n) is 0.342. The Morgan fingerprint density at radius 3 is 2.50 bits per heavy atom. The summed E-state index contributed by atoms with van der Waals surface area (Å²) >= 11 is 7.62. The first-order valence-electron chi connectivity index (χ1n) is 1.46. The molecule has 0 atom stereocenters. The minimum absolute atomic E-state index is 0.845. The number of hydrogen-bond acceptors (Lipinski definition) is 1. The van der Waals surface area contributed by atoms with E-state index in [0.29, 0.717) is 0 Å². The van der Waals surface area contributed by atoms with E-state index in [9.17, 15) is 0 Å². The van der Waals surface area contributed by atoms with Gasteiger partial charge in [0, 0.05) is 6.42 Å². The van der Waals surface area contributed by atoms with Crippen molar-refractivity contribution < 1.29 is 0 Å². The van der Waals surface area contributed by atoms with E-state index in [2.05, 4.69) is 35.0 Å². The predicted molar refractivity (Wildman–Crippen MR) is 33.3 cm³/mol. The fourth-order valence-electron chi connectivity index (χ4n) is 0.0589. The predicted octanol–water partition coefficient (Wildman–Crippen LogP) is 1.87. The maximum Gasteiger partial charge on any atom is 0.0185 e. The van der Waals surface area contributed by atoms with E-state index in [1.807, 2.05) is 0 Å². The zero-order valence-corrected chi connectivity index (χ0v) is 5.77. The van der Waals surface area contributed by atoms with Gasteiger partial charge in [-0.05, 0) is 4.48 Å². The Hall–Kier alpha value is 0.440. The van der Waals surface area contributed by atoms with Crippen molar-refractivity contribution in [1.82, 2.24) is 0 Å². The molecule has 0 aromatic carbocycles. The number of allylic oxidation sites excluding steroid dienone is 1. The molecule has 0 rings (SSSR count). The van der Waals surface area contributed by atoms with Crippen LogP contribution in [0.1, 0.15) is 6.92 Å². The van der Waals surface area contributed by atoms with E-state index < -0.39 is 0 Å². The van der Waals surface area contributed by atoms with Crippen LogP contribution < -0.4 is 0 Å². The molecule has 0 spiro atoms. The highest BCUT2D eigenvalue weighted by atomic mass is 79.9. The molecule has 0 aliphatic rings. The Morgan fingerprint density at radius 2 is 2.50 bits per heavy atom. The number of hydrogen-bond donors (Lipinski definition) is 0. The molecule has 0 saturated heterocycles. The van der Waals surface area contributed by atoms with Gasteiger partial charge in [0.25, 0.3) is 0 Å². The second-order valence-corrected chi connectivity index (χ2v) is 1.81. The van der Waals surface area contributed by atoms with Crippen LogP contribution in [-0.4, -0.2) is 0 Å². The number of halogens is 1. The van der Waals surface area contributed by atoms with Gasteiger partial charge in [-0.3, -0.25) is 0 Å². The normalized spacial score (nSPS) is 12.0. The van der Waals surface area contributed by atoms with Crippen molar-refractivity contribution in [2.24, 2.45) is 0 Å². The third-order valence-corrected chi connectivity index (χ3v) is 1.51. The summed E-state index contributed by atoms with van der Waals surface area (Å²) in [6, 6.07) is 0. The Balaban J connectivity index is 3.22. The quantitative estimate of drug-likeness (QED) is 0.533. The van der Waals surface area contributed by atoms with Crippen molar-refractivity contribution in [3.63, 3.8) is 0 Å². The Labute approximate surface area is 52.2 Å². The van der Waals surface area contributed by atoms with Gasteiger partial charge in [-0.25, -0.2) is 5.41 Å². The lowest BCUT2D eigenvalue weighted by Crippen LogP contribution is -1.60. The fourth-order valence-corrected chi connectivity index (χ4v) is 0.177.